The Bertz CT molecular complexity index is 495. The highest BCUT2D eigenvalue weighted by Crippen LogP contribution is 2.40. The van der Waals surface area contributed by atoms with E-state index in [1.54, 1.807) is 0 Å². The molecule has 0 aromatic heterocycles. The molecule has 0 heterocycles. The first-order valence-electron chi connectivity index (χ1n) is 8.49. The molecule has 1 nitrogen and oxygen atoms in total. The van der Waals surface area contributed by atoms with Crippen molar-refractivity contribution in [3.8, 4) is 11.5 Å². The Morgan fingerprint density at radius 3 is 1.77 bits per heavy atom. The molecule has 0 amide bonds. The van der Waals surface area contributed by atoms with Gasteiger partial charge >= 0.3 is 0 Å². The smallest absolute Gasteiger partial charge is 0.146 e. The van der Waals surface area contributed by atoms with Crippen LogP contribution in [0.3, 0.4) is 0 Å². The minimum atomic E-state index is -1.59. The van der Waals surface area contributed by atoms with E-state index >= 15 is 0 Å². The van der Waals surface area contributed by atoms with E-state index in [-0.39, 0.29) is 0 Å². The van der Waals surface area contributed by atoms with Crippen LogP contribution in [0.1, 0.15) is 47.1 Å². The summed E-state index contributed by atoms with van der Waals surface area (Å²) in [6.45, 7) is 17.1. The zero-order chi connectivity index (χ0) is 16.9. The van der Waals surface area contributed by atoms with Gasteiger partial charge in [0.2, 0.25) is 0 Å². The maximum atomic E-state index is 3.79. The molecule has 0 atom stereocenters. The minimum absolute atomic E-state index is 0.699. The molecule has 1 aromatic rings. The quantitative estimate of drug-likeness (QED) is 0.501. The van der Waals surface area contributed by atoms with Gasteiger partial charge in [0.15, 0.2) is 0 Å². The highest BCUT2D eigenvalue weighted by Gasteiger charge is 2.41. The SMILES string of the molecule is Cc1ccc(N(C)CC#C[Si](C(C)C)(C(C)C)C(C)C)cc1. The summed E-state index contributed by atoms with van der Waals surface area (Å²) in [5.41, 5.74) is 8.43. The van der Waals surface area contributed by atoms with E-state index in [9.17, 15) is 0 Å². The van der Waals surface area contributed by atoms with Crippen LogP contribution in [-0.4, -0.2) is 21.7 Å². The predicted molar refractivity (Wildman–Crippen MR) is 103 cm³/mol. The zero-order valence-electron chi connectivity index (χ0n) is 15.7. The van der Waals surface area contributed by atoms with Crippen LogP contribution < -0.4 is 4.90 Å². The molecule has 22 heavy (non-hydrogen) atoms. The third-order valence-electron chi connectivity index (χ3n) is 4.96. The van der Waals surface area contributed by atoms with Crippen molar-refractivity contribution in [2.24, 2.45) is 0 Å². The summed E-state index contributed by atoms with van der Waals surface area (Å²) in [5.74, 6) is 3.52. The predicted octanol–water partition coefficient (Wildman–Crippen LogP) is 5.65. The lowest BCUT2D eigenvalue weighted by atomic mass is 10.2. The van der Waals surface area contributed by atoms with Crippen LogP contribution in [0.4, 0.5) is 5.69 Å². The molecule has 0 fully saturated rings. The van der Waals surface area contributed by atoms with E-state index in [1.807, 2.05) is 0 Å². The maximum Gasteiger partial charge on any atom is 0.146 e. The number of anilines is 1. The van der Waals surface area contributed by atoms with Crippen molar-refractivity contribution in [1.82, 2.24) is 0 Å². The van der Waals surface area contributed by atoms with Crippen molar-refractivity contribution in [3.63, 3.8) is 0 Å². The molecular formula is C20H33NSi. The lowest BCUT2D eigenvalue weighted by Crippen LogP contribution is -2.43. The standard InChI is InChI=1S/C20H33NSi/c1-16(2)22(17(3)4,18(5)6)15-9-14-21(8)20-12-10-19(7)11-13-20/h10-13,16-18H,14H2,1-8H3. The Morgan fingerprint density at radius 2 is 1.36 bits per heavy atom. The van der Waals surface area contributed by atoms with Gasteiger partial charge in [-0.25, -0.2) is 0 Å². The van der Waals surface area contributed by atoms with Crippen LogP contribution in [0.5, 0.6) is 0 Å². The number of benzene rings is 1. The molecule has 0 saturated heterocycles. The van der Waals surface area contributed by atoms with Gasteiger partial charge in [-0.1, -0.05) is 65.2 Å². The number of aryl methyl sites for hydroxylation is 1. The average Bonchev–Trinajstić information content (AvgIpc) is 2.42. The third kappa shape index (κ3) is 4.17. The van der Waals surface area contributed by atoms with Gasteiger partial charge in [0, 0.05) is 12.7 Å². The lowest BCUT2D eigenvalue weighted by molar-refractivity contribution is 0.838. The molecule has 1 rings (SSSR count). The third-order valence-corrected chi connectivity index (χ3v) is 11.3. The van der Waals surface area contributed by atoms with Gasteiger partial charge in [0.1, 0.15) is 8.07 Å². The van der Waals surface area contributed by atoms with Crippen LogP contribution in [0, 0.1) is 18.4 Å². The Labute approximate surface area is 139 Å². The van der Waals surface area contributed by atoms with Crippen molar-refractivity contribution in [1.29, 1.82) is 0 Å². The van der Waals surface area contributed by atoms with Gasteiger partial charge in [0.05, 0.1) is 6.54 Å². The van der Waals surface area contributed by atoms with Crippen LogP contribution >= 0.6 is 0 Å². The molecule has 0 aliphatic carbocycles. The van der Waals surface area contributed by atoms with E-state index in [0.717, 1.165) is 6.54 Å². The van der Waals surface area contributed by atoms with Crippen molar-refractivity contribution >= 4 is 13.8 Å². The van der Waals surface area contributed by atoms with Crippen LogP contribution in [0.15, 0.2) is 24.3 Å². The Hall–Kier alpha value is -1.20. The normalized spacial score (nSPS) is 11.8. The topological polar surface area (TPSA) is 3.24 Å². The highest BCUT2D eigenvalue weighted by molar-refractivity contribution is 6.90. The number of nitrogens with zero attached hydrogens (tertiary/aromatic N) is 1. The first-order valence-corrected chi connectivity index (χ1v) is 10.7. The highest BCUT2D eigenvalue weighted by atomic mass is 28.3. The van der Waals surface area contributed by atoms with E-state index in [4.69, 9.17) is 0 Å². The fourth-order valence-corrected chi connectivity index (χ4v) is 8.89. The molecular weight excluding hydrogens is 282 g/mol. The maximum absolute atomic E-state index is 3.79. The minimum Gasteiger partial charge on any atom is -0.363 e. The summed E-state index contributed by atoms with van der Waals surface area (Å²) in [4.78, 5) is 2.24. The molecule has 1 aromatic carbocycles. The number of hydrogen-bond donors (Lipinski definition) is 0. The first-order chi connectivity index (χ1) is 10.2. The number of rotatable bonds is 5. The molecule has 0 aliphatic heterocycles. The molecule has 0 saturated carbocycles. The van der Waals surface area contributed by atoms with E-state index in [1.165, 1.54) is 11.3 Å². The van der Waals surface area contributed by atoms with Crippen LogP contribution in [-0.2, 0) is 0 Å². The van der Waals surface area contributed by atoms with Gasteiger partial charge in [-0.15, -0.1) is 5.54 Å². The average molecular weight is 316 g/mol. The Morgan fingerprint density at radius 1 is 0.909 bits per heavy atom. The van der Waals surface area contributed by atoms with Gasteiger partial charge < -0.3 is 4.90 Å². The molecule has 0 N–H and O–H groups in total. The van der Waals surface area contributed by atoms with Gasteiger partial charge in [-0.05, 0) is 35.7 Å². The second-order valence-electron chi connectivity index (χ2n) is 7.39. The van der Waals surface area contributed by atoms with Gasteiger partial charge in [0.25, 0.3) is 0 Å². The van der Waals surface area contributed by atoms with Crippen molar-refractivity contribution in [2.75, 3.05) is 18.5 Å². The summed E-state index contributed by atoms with van der Waals surface area (Å²) in [7, 11) is 0.536. The molecule has 122 valence electrons. The molecule has 0 unspecified atom stereocenters. The fraction of sp³-hybridized carbons (Fsp3) is 0.600. The van der Waals surface area contributed by atoms with Gasteiger partial charge in [-0.2, -0.15) is 0 Å². The largest absolute Gasteiger partial charge is 0.363 e. The molecule has 0 bridgehead atoms. The van der Waals surface area contributed by atoms with Gasteiger partial charge in [-0.3, -0.25) is 0 Å². The summed E-state index contributed by atoms with van der Waals surface area (Å²) >= 11 is 0. The van der Waals surface area contributed by atoms with Crippen molar-refractivity contribution in [2.45, 2.75) is 65.1 Å². The first kappa shape index (κ1) is 18.8. The summed E-state index contributed by atoms with van der Waals surface area (Å²) < 4.78 is 0. The molecule has 2 heteroatoms. The van der Waals surface area contributed by atoms with E-state index < -0.39 is 8.07 Å². The lowest BCUT2D eigenvalue weighted by Gasteiger charge is -2.38. The van der Waals surface area contributed by atoms with E-state index in [2.05, 4.69) is 96.1 Å². The molecule has 0 aliphatic rings. The van der Waals surface area contributed by atoms with E-state index in [0.29, 0.717) is 16.6 Å². The second-order valence-corrected chi connectivity index (χ2v) is 13.0. The molecule has 0 spiro atoms. The summed E-state index contributed by atoms with van der Waals surface area (Å²) in [6, 6.07) is 8.67. The monoisotopic (exact) mass is 315 g/mol. The summed E-state index contributed by atoms with van der Waals surface area (Å²) in [6.07, 6.45) is 0. The van der Waals surface area contributed by atoms with Crippen molar-refractivity contribution in [3.05, 3.63) is 29.8 Å². The second kappa shape index (κ2) is 7.88. The molecule has 0 radical (unpaired) electrons. The summed E-state index contributed by atoms with van der Waals surface area (Å²) in [5, 5.41) is 0. The fourth-order valence-electron chi connectivity index (χ4n) is 3.63. The number of hydrogen-bond acceptors (Lipinski definition) is 1. The van der Waals surface area contributed by atoms with Crippen LogP contribution in [0.2, 0.25) is 16.6 Å². The zero-order valence-corrected chi connectivity index (χ0v) is 16.7. The Balaban J connectivity index is 2.92. The van der Waals surface area contributed by atoms with Crippen molar-refractivity contribution < 1.29 is 0 Å². The Kier molecular flexibility index (Phi) is 6.75. The van der Waals surface area contributed by atoms with Crippen LogP contribution in [0.25, 0.3) is 0 Å².